The average Bonchev–Trinajstić information content (AvgIpc) is 3.46. The Hall–Kier alpha value is -3.28. The van der Waals surface area contributed by atoms with E-state index in [0.29, 0.717) is 18.7 Å². The van der Waals surface area contributed by atoms with Gasteiger partial charge in [0.2, 0.25) is 17.6 Å². The second-order valence-electron chi connectivity index (χ2n) is 15.4. The molecule has 2 aliphatic carbocycles. The first-order valence-electron chi connectivity index (χ1n) is 17.4. The van der Waals surface area contributed by atoms with Crippen molar-refractivity contribution in [3.8, 4) is 0 Å². The van der Waals surface area contributed by atoms with E-state index in [1.807, 2.05) is 39.8 Å². The number of hydrogen-bond acceptors (Lipinski definition) is 7. The SMILES string of the molecule is C=CCNC(=O)C(=O)C(CCC)NC(=O)[C@@H]1[C@@H]2[C@H](CN1C(=O)[C@@H](NC(=O)NC1(CSCc3ccco3)CCCCC1)C(C)(C)C)C2(C)C. The zero-order chi connectivity index (χ0) is 35.3. The molecule has 0 aromatic carbocycles. The molecule has 0 bridgehead atoms. The molecule has 11 nitrogen and oxygen atoms in total. The van der Waals surface area contributed by atoms with Crippen molar-refractivity contribution >= 4 is 41.3 Å². The number of urea groups is 1. The maximum Gasteiger partial charge on any atom is 0.315 e. The zero-order valence-electron chi connectivity index (χ0n) is 29.5. The van der Waals surface area contributed by atoms with Crippen molar-refractivity contribution < 1.29 is 28.4 Å². The summed E-state index contributed by atoms with van der Waals surface area (Å²) in [6.07, 6.45) is 8.88. The van der Waals surface area contributed by atoms with E-state index in [0.717, 1.165) is 43.6 Å². The van der Waals surface area contributed by atoms with E-state index >= 15 is 0 Å². The molecule has 3 fully saturated rings. The zero-order valence-corrected chi connectivity index (χ0v) is 30.3. The number of thioether (sulfide) groups is 1. The predicted molar refractivity (Wildman–Crippen MR) is 187 cm³/mol. The molecule has 12 heteroatoms. The number of Topliss-reactive ketones (excluding diaryl/α,β-unsaturated/α-hetero) is 1. The first kappa shape index (κ1) is 37.5. The lowest BCUT2D eigenvalue weighted by molar-refractivity contribution is -0.145. The Morgan fingerprint density at radius 2 is 1.83 bits per heavy atom. The molecule has 1 unspecified atom stereocenters. The van der Waals surface area contributed by atoms with Gasteiger partial charge in [0.1, 0.15) is 17.8 Å². The highest BCUT2D eigenvalue weighted by Crippen LogP contribution is 2.65. The summed E-state index contributed by atoms with van der Waals surface area (Å²) in [5.74, 6) is 0.0625. The van der Waals surface area contributed by atoms with Gasteiger partial charge in [-0.25, -0.2) is 4.79 Å². The summed E-state index contributed by atoms with van der Waals surface area (Å²) in [4.78, 5) is 69.2. The molecule has 2 heterocycles. The summed E-state index contributed by atoms with van der Waals surface area (Å²) in [5, 5.41) is 11.6. The van der Waals surface area contributed by atoms with Gasteiger partial charge in [-0.3, -0.25) is 19.2 Å². The van der Waals surface area contributed by atoms with Gasteiger partial charge in [0.25, 0.3) is 5.91 Å². The van der Waals surface area contributed by atoms with E-state index in [4.69, 9.17) is 4.42 Å². The first-order chi connectivity index (χ1) is 22.6. The molecule has 0 spiro atoms. The standard InChI is InChI=1S/C36H55N5O6S/c1-8-14-25(28(42)31(44)37-18-9-2)38-30(43)27-26-24(35(26,6)7)20-41(27)32(45)29(34(3,4)5)39-33(46)40-36(16-11-10-12-17-36)22-48-21-23-15-13-19-47-23/h9,13,15,19,24-27,29H,2,8,10-12,14,16-18,20-22H2,1,3-7H3,(H,37,44)(H,38,43)(H2,39,40,46)/t24-,25?,26-,27-,29+/m0/s1. The van der Waals surface area contributed by atoms with Gasteiger partial charge in [0, 0.05) is 18.8 Å². The highest BCUT2D eigenvalue weighted by molar-refractivity contribution is 7.98. The van der Waals surface area contributed by atoms with Gasteiger partial charge in [-0.05, 0) is 54.1 Å². The molecule has 0 radical (unpaired) electrons. The van der Waals surface area contributed by atoms with Crippen LogP contribution in [0.15, 0.2) is 35.5 Å². The van der Waals surface area contributed by atoms with E-state index in [9.17, 15) is 24.0 Å². The van der Waals surface area contributed by atoms with Crippen LogP contribution >= 0.6 is 11.8 Å². The third-order valence-corrected chi connectivity index (χ3v) is 11.6. The van der Waals surface area contributed by atoms with E-state index in [1.54, 1.807) is 22.9 Å². The molecule has 1 aromatic heterocycles. The second kappa shape index (κ2) is 15.5. The van der Waals surface area contributed by atoms with Gasteiger partial charge in [-0.1, -0.05) is 73.3 Å². The van der Waals surface area contributed by atoms with E-state index in [1.165, 1.54) is 6.08 Å². The minimum atomic E-state index is -1.01. The summed E-state index contributed by atoms with van der Waals surface area (Å²) in [7, 11) is 0. The summed E-state index contributed by atoms with van der Waals surface area (Å²) in [6, 6.07) is 0.688. The Balaban J connectivity index is 1.49. The summed E-state index contributed by atoms with van der Waals surface area (Å²) in [6.45, 7) is 15.8. The number of nitrogens with zero attached hydrogens (tertiary/aromatic N) is 1. The third kappa shape index (κ3) is 8.65. The maximum absolute atomic E-state index is 14.4. The van der Waals surface area contributed by atoms with Crippen molar-refractivity contribution in [1.29, 1.82) is 0 Å². The summed E-state index contributed by atoms with van der Waals surface area (Å²) in [5.41, 5.74) is -1.21. The van der Waals surface area contributed by atoms with E-state index < -0.39 is 52.7 Å². The van der Waals surface area contributed by atoms with Crippen molar-refractivity contribution in [2.75, 3.05) is 18.8 Å². The predicted octanol–water partition coefficient (Wildman–Crippen LogP) is 4.57. The van der Waals surface area contributed by atoms with Gasteiger partial charge >= 0.3 is 6.03 Å². The van der Waals surface area contributed by atoms with Gasteiger partial charge in [-0.2, -0.15) is 11.8 Å². The number of piperidine rings is 1. The molecule has 48 heavy (non-hydrogen) atoms. The Morgan fingerprint density at radius 3 is 2.44 bits per heavy atom. The Kier molecular flexibility index (Phi) is 12.1. The van der Waals surface area contributed by atoms with Crippen LogP contribution in [0.5, 0.6) is 0 Å². The van der Waals surface area contributed by atoms with Gasteiger partial charge in [0.15, 0.2) is 0 Å². The smallest absolute Gasteiger partial charge is 0.315 e. The Bertz CT molecular complexity index is 1330. The summed E-state index contributed by atoms with van der Waals surface area (Å²) >= 11 is 1.72. The normalized spacial score (nSPS) is 23.6. The number of nitrogens with one attached hydrogen (secondary N) is 4. The van der Waals surface area contributed by atoms with Crippen LogP contribution in [0.25, 0.3) is 0 Å². The van der Waals surface area contributed by atoms with Crippen molar-refractivity contribution in [3.05, 3.63) is 36.8 Å². The number of fused-ring (bicyclic) bond motifs is 1. The lowest BCUT2D eigenvalue weighted by Crippen LogP contribution is -2.63. The van der Waals surface area contributed by atoms with E-state index in [2.05, 4.69) is 41.7 Å². The lowest BCUT2D eigenvalue weighted by Gasteiger charge is -2.40. The fourth-order valence-electron chi connectivity index (χ4n) is 7.54. The number of ketones is 1. The number of hydrogen-bond donors (Lipinski definition) is 4. The minimum Gasteiger partial charge on any atom is -0.468 e. The molecular formula is C36H55N5O6S. The van der Waals surface area contributed by atoms with Crippen LogP contribution in [-0.2, 0) is 24.9 Å². The number of carbonyl (C=O) groups excluding carboxylic acids is 5. The molecular weight excluding hydrogens is 630 g/mol. The van der Waals surface area contributed by atoms with Gasteiger partial charge < -0.3 is 30.6 Å². The molecule has 4 rings (SSSR count). The van der Waals surface area contributed by atoms with Gasteiger partial charge in [-0.15, -0.1) is 6.58 Å². The van der Waals surface area contributed by atoms with Gasteiger partial charge in [0.05, 0.1) is 23.6 Å². The van der Waals surface area contributed by atoms with Crippen molar-refractivity contribution in [3.63, 3.8) is 0 Å². The van der Waals surface area contributed by atoms with Crippen LogP contribution in [0.4, 0.5) is 4.79 Å². The van der Waals surface area contributed by atoms with Crippen molar-refractivity contribution in [2.45, 2.75) is 116 Å². The van der Waals surface area contributed by atoms with Crippen LogP contribution in [-0.4, -0.2) is 76.9 Å². The molecule has 4 N–H and O–H groups in total. The Morgan fingerprint density at radius 1 is 1.12 bits per heavy atom. The largest absolute Gasteiger partial charge is 0.468 e. The molecule has 3 aliphatic rings. The minimum absolute atomic E-state index is 0.0976. The molecule has 1 aliphatic heterocycles. The van der Waals surface area contributed by atoms with Crippen LogP contribution < -0.4 is 21.3 Å². The molecule has 5 atom stereocenters. The number of amides is 5. The molecule has 266 valence electrons. The lowest BCUT2D eigenvalue weighted by atomic mass is 9.83. The molecule has 1 aromatic rings. The highest BCUT2D eigenvalue weighted by atomic mass is 32.2. The van der Waals surface area contributed by atoms with Crippen molar-refractivity contribution in [2.24, 2.45) is 22.7 Å². The number of likely N-dealkylation sites (tertiary alicyclic amines) is 1. The van der Waals surface area contributed by atoms with Crippen LogP contribution in [0.2, 0.25) is 0 Å². The first-order valence-corrected chi connectivity index (χ1v) is 18.5. The fraction of sp³-hybridized carbons (Fsp3) is 0.694. The van der Waals surface area contributed by atoms with Crippen LogP contribution in [0.3, 0.4) is 0 Å². The Labute approximate surface area is 289 Å². The monoisotopic (exact) mass is 685 g/mol. The molecule has 2 saturated carbocycles. The highest BCUT2D eigenvalue weighted by Gasteiger charge is 2.70. The van der Waals surface area contributed by atoms with E-state index in [-0.39, 0.29) is 36.1 Å². The quantitative estimate of drug-likeness (QED) is 0.156. The average molecular weight is 686 g/mol. The fourth-order valence-corrected chi connectivity index (χ4v) is 8.76. The number of carbonyl (C=O) groups is 5. The van der Waals surface area contributed by atoms with Crippen LogP contribution in [0, 0.1) is 22.7 Å². The maximum atomic E-state index is 14.4. The molecule has 1 saturated heterocycles. The number of rotatable bonds is 15. The molecule has 5 amide bonds. The van der Waals surface area contributed by atoms with Crippen LogP contribution in [0.1, 0.15) is 92.2 Å². The number of furan rings is 1. The second-order valence-corrected chi connectivity index (χ2v) is 16.4. The van der Waals surface area contributed by atoms with Crippen molar-refractivity contribution in [1.82, 2.24) is 26.2 Å². The topological polar surface area (TPSA) is 150 Å². The summed E-state index contributed by atoms with van der Waals surface area (Å²) < 4.78 is 5.49. The third-order valence-electron chi connectivity index (χ3n) is 10.4.